The average molecular weight is 265 g/mol. The largest absolute Gasteiger partial charge is 0.457 e. The first-order chi connectivity index (χ1) is 8.90. The van der Waals surface area contributed by atoms with Gasteiger partial charge in [0.1, 0.15) is 5.52 Å². The van der Waals surface area contributed by atoms with Gasteiger partial charge in [0.25, 0.3) is 11.5 Å². The number of nitro groups is 1. The van der Waals surface area contributed by atoms with Gasteiger partial charge in [-0.1, -0.05) is 0 Å². The number of benzene rings is 1. The van der Waals surface area contributed by atoms with Crippen molar-refractivity contribution in [3.8, 4) is 0 Å². The Bertz CT molecular complexity index is 662. The summed E-state index contributed by atoms with van der Waals surface area (Å²) in [5.74, 6) is -1.11. The molecule has 1 aromatic carbocycles. The zero-order valence-electron chi connectivity index (χ0n) is 10.2. The molecule has 8 heteroatoms. The Morgan fingerprint density at radius 3 is 2.79 bits per heavy atom. The van der Waals surface area contributed by atoms with Crippen molar-refractivity contribution in [2.75, 3.05) is 0 Å². The van der Waals surface area contributed by atoms with Crippen LogP contribution in [0.2, 0.25) is 0 Å². The van der Waals surface area contributed by atoms with Crippen LogP contribution in [0.15, 0.2) is 18.2 Å². The lowest BCUT2D eigenvalue weighted by Crippen LogP contribution is -2.16. The Hall–Kier alpha value is -2.64. The summed E-state index contributed by atoms with van der Waals surface area (Å²) in [5.41, 5.74) is 0.139. The van der Waals surface area contributed by atoms with Crippen LogP contribution in [0.3, 0.4) is 0 Å². The number of hydrogen-bond acceptors (Lipinski definition) is 6. The first-order valence-electron chi connectivity index (χ1n) is 5.47. The highest BCUT2D eigenvalue weighted by molar-refractivity contribution is 5.91. The van der Waals surface area contributed by atoms with Crippen LogP contribution in [0.5, 0.6) is 0 Å². The van der Waals surface area contributed by atoms with Crippen molar-refractivity contribution in [3.05, 3.63) is 34.1 Å². The summed E-state index contributed by atoms with van der Waals surface area (Å²) >= 11 is 0. The van der Waals surface area contributed by atoms with Crippen molar-refractivity contribution in [1.82, 2.24) is 9.71 Å². The van der Waals surface area contributed by atoms with E-state index < -0.39 is 10.9 Å². The van der Waals surface area contributed by atoms with Gasteiger partial charge in [0.15, 0.2) is 0 Å². The Balaban J connectivity index is 2.51. The smallest absolute Gasteiger partial charge is 0.378 e. The van der Waals surface area contributed by atoms with Crippen LogP contribution in [-0.4, -0.2) is 31.9 Å². The Labute approximate surface area is 107 Å². The summed E-state index contributed by atoms with van der Waals surface area (Å²) in [7, 11) is 0. The standard InChI is InChI=1S/C11H11N3O5/c1-6(2)19-11(15)10-12-8-4-3-7(14(17)18)5-9(8)13(10)16/h3-6,16H,1-2H3. The van der Waals surface area contributed by atoms with Gasteiger partial charge in [0, 0.05) is 12.1 Å². The monoisotopic (exact) mass is 265 g/mol. The molecule has 0 aliphatic heterocycles. The number of imidazole rings is 1. The lowest BCUT2D eigenvalue weighted by molar-refractivity contribution is -0.384. The molecule has 0 spiro atoms. The molecule has 19 heavy (non-hydrogen) atoms. The molecule has 0 aliphatic rings. The molecule has 1 N–H and O–H groups in total. The minimum absolute atomic E-state index is 0.0740. The first kappa shape index (κ1) is 12.8. The Kier molecular flexibility index (Phi) is 3.07. The second-order valence-electron chi connectivity index (χ2n) is 4.13. The SMILES string of the molecule is CC(C)OC(=O)c1nc2ccc([N+](=O)[O-])cc2n1O. The summed E-state index contributed by atoms with van der Waals surface area (Å²) in [6.45, 7) is 3.32. The van der Waals surface area contributed by atoms with Gasteiger partial charge >= 0.3 is 5.97 Å². The number of carbonyl (C=O) groups excluding carboxylic acids is 1. The maximum absolute atomic E-state index is 11.7. The van der Waals surface area contributed by atoms with Gasteiger partial charge in [-0.2, -0.15) is 4.73 Å². The molecule has 100 valence electrons. The van der Waals surface area contributed by atoms with Gasteiger partial charge < -0.3 is 9.94 Å². The van der Waals surface area contributed by atoms with Crippen molar-refractivity contribution in [3.63, 3.8) is 0 Å². The molecular weight excluding hydrogens is 254 g/mol. The molecule has 8 nitrogen and oxygen atoms in total. The van der Waals surface area contributed by atoms with Crippen LogP contribution in [0, 0.1) is 10.1 Å². The highest BCUT2D eigenvalue weighted by Gasteiger charge is 2.21. The lowest BCUT2D eigenvalue weighted by atomic mass is 10.3. The third-order valence-corrected chi connectivity index (χ3v) is 2.35. The molecule has 0 radical (unpaired) electrons. The summed E-state index contributed by atoms with van der Waals surface area (Å²) in [6.07, 6.45) is -0.360. The van der Waals surface area contributed by atoms with Gasteiger partial charge in [-0.15, -0.1) is 0 Å². The molecule has 0 saturated heterocycles. The molecule has 1 aromatic heterocycles. The van der Waals surface area contributed by atoms with Gasteiger partial charge in [0.05, 0.1) is 16.5 Å². The van der Waals surface area contributed by atoms with Gasteiger partial charge in [0.2, 0.25) is 0 Å². The number of nitro benzene ring substituents is 1. The predicted octanol–water partition coefficient (Wildman–Crippen LogP) is 1.75. The normalized spacial score (nSPS) is 10.9. The fourth-order valence-electron chi connectivity index (χ4n) is 1.56. The Morgan fingerprint density at radius 2 is 2.21 bits per heavy atom. The number of aromatic nitrogens is 2. The van der Waals surface area contributed by atoms with E-state index in [-0.39, 0.29) is 28.6 Å². The van der Waals surface area contributed by atoms with E-state index in [4.69, 9.17) is 4.74 Å². The van der Waals surface area contributed by atoms with Gasteiger partial charge in [-0.3, -0.25) is 10.1 Å². The van der Waals surface area contributed by atoms with Gasteiger partial charge in [-0.05, 0) is 19.9 Å². The van der Waals surface area contributed by atoms with E-state index in [9.17, 15) is 20.1 Å². The van der Waals surface area contributed by atoms with E-state index in [1.54, 1.807) is 13.8 Å². The van der Waals surface area contributed by atoms with Crippen molar-refractivity contribution in [2.24, 2.45) is 0 Å². The van der Waals surface area contributed by atoms with Crippen LogP contribution in [0.25, 0.3) is 11.0 Å². The number of fused-ring (bicyclic) bond motifs is 1. The number of nitrogens with zero attached hydrogens (tertiary/aromatic N) is 3. The highest BCUT2D eigenvalue weighted by Crippen LogP contribution is 2.21. The molecule has 0 unspecified atom stereocenters. The number of esters is 1. The minimum atomic E-state index is -0.795. The third-order valence-electron chi connectivity index (χ3n) is 2.35. The molecule has 0 aliphatic carbocycles. The zero-order valence-corrected chi connectivity index (χ0v) is 10.2. The average Bonchev–Trinajstić information content (AvgIpc) is 2.65. The van der Waals surface area contributed by atoms with E-state index >= 15 is 0 Å². The van der Waals surface area contributed by atoms with E-state index in [1.165, 1.54) is 12.1 Å². The molecule has 0 fully saturated rings. The van der Waals surface area contributed by atoms with Crippen molar-refractivity contribution in [2.45, 2.75) is 20.0 Å². The molecule has 0 amide bonds. The number of non-ortho nitro benzene ring substituents is 1. The fourth-order valence-corrected chi connectivity index (χ4v) is 1.56. The lowest BCUT2D eigenvalue weighted by Gasteiger charge is -2.06. The summed E-state index contributed by atoms with van der Waals surface area (Å²) in [4.78, 5) is 25.6. The molecule has 2 aromatic rings. The van der Waals surface area contributed by atoms with Crippen LogP contribution in [-0.2, 0) is 4.74 Å². The number of ether oxygens (including phenoxy) is 1. The van der Waals surface area contributed by atoms with E-state index in [0.717, 1.165) is 6.07 Å². The second-order valence-corrected chi connectivity index (χ2v) is 4.13. The second kappa shape index (κ2) is 4.56. The van der Waals surface area contributed by atoms with Crippen molar-refractivity contribution < 1.29 is 19.7 Å². The topological polar surface area (TPSA) is 107 Å². The maximum Gasteiger partial charge on any atom is 0.378 e. The number of rotatable bonds is 3. The summed E-state index contributed by atoms with van der Waals surface area (Å²) in [5, 5.41) is 20.5. The zero-order chi connectivity index (χ0) is 14.2. The van der Waals surface area contributed by atoms with Crippen LogP contribution in [0.4, 0.5) is 5.69 Å². The Morgan fingerprint density at radius 1 is 1.53 bits per heavy atom. The number of carbonyl (C=O) groups is 1. The molecular formula is C11H11N3O5. The fraction of sp³-hybridized carbons (Fsp3) is 0.273. The molecule has 0 atom stereocenters. The summed E-state index contributed by atoms with van der Waals surface area (Å²) < 4.78 is 5.40. The van der Waals surface area contributed by atoms with Crippen molar-refractivity contribution >= 4 is 22.7 Å². The van der Waals surface area contributed by atoms with Gasteiger partial charge in [-0.25, -0.2) is 9.78 Å². The third kappa shape index (κ3) is 2.32. The van der Waals surface area contributed by atoms with E-state index in [0.29, 0.717) is 4.73 Å². The van der Waals surface area contributed by atoms with Crippen LogP contribution in [0.1, 0.15) is 24.5 Å². The quantitative estimate of drug-likeness (QED) is 0.392. The minimum Gasteiger partial charge on any atom is -0.457 e. The molecule has 1 heterocycles. The first-order valence-corrected chi connectivity index (χ1v) is 5.47. The van der Waals surface area contributed by atoms with E-state index in [2.05, 4.69) is 4.98 Å². The van der Waals surface area contributed by atoms with E-state index in [1.807, 2.05) is 0 Å². The van der Waals surface area contributed by atoms with Crippen LogP contribution < -0.4 is 0 Å². The molecule has 0 bridgehead atoms. The highest BCUT2D eigenvalue weighted by atomic mass is 16.6. The maximum atomic E-state index is 11.7. The van der Waals surface area contributed by atoms with Crippen LogP contribution >= 0.6 is 0 Å². The molecule has 0 saturated carbocycles. The summed E-state index contributed by atoms with van der Waals surface area (Å²) in [6, 6.07) is 3.73. The predicted molar refractivity (Wildman–Crippen MR) is 64.1 cm³/mol. The molecule has 2 rings (SSSR count). The number of hydrogen-bond donors (Lipinski definition) is 1. The van der Waals surface area contributed by atoms with Crippen molar-refractivity contribution in [1.29, 1.82) is 0 Å².